The highest BCUT2D eigenvalue weighted by molar-refractivity contribution is 5.82. The molecule has 2 N–H and O–H groups in total. The van der Waals surface area contributed by atoms with Crippen LogP contribution in [0, 0.1) is 47.8 Å². The molecular formula is C25H39N3O. The van der Waals surface area contributed by atoms with E-state index in [-0.39, 0.29) is 16.9 Å². The van der Waals surface area contributed by atoms with Gasteiger partial charge in [0.1, 0.15) is 0 Å². The number of nitrogens with two attached hydrogens (primary N) is 1. The zero-order chi connectivity index (χ0) is 20.4. The third-order valence-electron chi connectivity index (χ3n) is 9.76. The molecule has 29 heavy (non-hydrogen) atoms. The van der Waals surface area contributed by atoms with Crippen molar-refractivity contribution in [2.45, 2.75) is 90.6 Å². The molecule has 0 bridgehead atoms. The van der Waals surface area contributed by atoms with Crippen molar-refractivity contribution >= 4 is 5.78 Å². The van der Waals surface area contributed by atoms with Gasteiger partial charge in [-0.05, 0) is 112 Å². The lowest BCUT2D eigenvalue weighted by Crippen LogP contribution is -2.52. The maximum Gasteiger partial charge on any atom is 0.157 e. The van der Waals surface area contributed by atoms with Gasteiger partial charge in [-0.3, -0.25) is 9.48 Å². The number of carbonyl (C=O) groups excluding carboxylic acids is 1. The molecule has 1 aromatic rings. The molecule has 4 nitrogen and oxygen atoms in total. The fraction of sp³-hybridized carbons (Fsp3) is 0.840. The van der Waals surface area contributed by atoms with E-state index in [0.29, 0.717) is 12.3 Å². The van der Waals surface area contributed by atoms with Gasteiger partial charge in [0.25, 0.3) is 0 Å². The Labute approximate surface area is 176 Å². The molecule has 8 atom stereocenters. The van der Waals surface area contributed by atoms with Crippen molar-refractivity contribution in [3.8, 4) is 0 Å². The van der Waals surface area contributed by atoms with Crippen LogP contribution in [0.4, 0.5) is 0 Å². The molecule has 0 radical (unpaired) electrons. The average molecular weight is 398 g/mol. The fourth-order valence-corrected chi connectivity index (χ4v) is 8.49. The number of nitrogens with zero attached hydrogens (tertiary/aromatic N) is 2. The molecule has 1 unspecified atom stereocenters. The molecule has 1 heterocycles. The van der Waals surface area contributed by atoms with Crippen molar-refractivity contribution < 1.29 is 4.79 Å². The molecule has 4 fully saturated rings. The second-order valence-corrected chi connectivity index (χ2v) is 11.7. The van der Waals surface area contributed by atoms with E-state index in [1.165, 1.54) is 51.4 Å². The maximum atomic E-state index is 13.3. The van der Waals surface area contributed by atoms with E-state index >= 15 is 0 Å². The Morgan fingerprint density at radius 2 is 1.90 bits per heavy atom. The van der Waals surface area contributed by atoms with Crippen LogP contribution in [0.15, 0.2) is 12.4 Å². The molecule has 0 saturated heterocycles. The van der Waals surface area contributed by atoms with E-state index < -0.39 is 0 Å². The number of hydrogen-bond donors (Lipinski definition) is 1. The molecule has 4 aliphatic rings. The van der Waals surface area contributed by atoms with E-state index in [1.807, 2.05) is 24.0 Å². The topological polar surface area (TPSA) is 60.9 Å². The molecule has 4 saturated carbocycles. The van der Waals surface area contributed by atoms with Crippen LogP contribution in [-0.2, 0) is 11.3 Å². The van der Waals surface area contributed by atoms with Crippen LogP contribution >= 0.6 is 0 Å². The van der Waals surface area contributed by atoms with Crippen LogP contribution in [0.3, 0.4) is 0 Å². The smallest absolute Gasteiger partial charge is 0.157 e. The normalized spacial score (nSPS) is 46.6. The predicted octanol–water partition coefficient (Wildman–Crippen LogP) is 4.75. The van der Waals surface area contributed by atoms with Crippen LogP contribution in [0.5, 0.6) is 0 Å². The first-order valence-corrected chi connectivity index (χ1v) is 12.1. The van der Waals surface area contributed by atoms with Gasteiger partial charge in [0, 0.05) is 17.7 Å². The number of aryl methyl sites for hydroxylation is 1. The first kappa shape index (κ1) is 19.8. The molecule has 5 rings (SSSR count). The van der Waals surface area contributed by atoms with E-state index in [1.54, 1.807) is 0 Å². The largest absolute Gasteiger partial charge is 0.325 e. The highest BCUT2D eigenvalue weighted by Crippen LogP contribution is 2.64. The fourth-order valence-electron chi connectivity index (χ4n) is 8.49. The molecule has 0 amide bonds. The summed E-state index contributed by atoms with van der Waals surface area (Å²) in [5, 5.41) is 4.36. The van der Waals surface area contributed by atoms with Crippen LogP contribution in [0.25, 0.3) is 0 Å². The van der Waals surface area contributed by atoms with Crippen LogP contribution in [-0.4, -0.2) is 21.1 Å². The Hall–Kier alpha value is -1.16. The highest BCUT2D eigenvalue weighted by atomic mass is 16.1. The van der Waals surface area contributed by atoms with Gasteiger partial charge in [-0.2, -0.15) is 5.10 Å². The number of aromatic nitrogens is 2. The number of hydrogen-bond acceptors (Lipinski definition) is 3. The van der Waals surface area contributed by atoms with E-state index in [4.69, 9.17) is 5.73 Å². The molecular weight excluding hydrogens is 358 g/mol. The summed E-state index contributed by atoms with van der Waals surface area (Å²) in [5.74, 6) is 4.90. The minimum absolute atomic E-state index is 0.0624. The summed E-state index contributed by atoms with van der Waals surface area (Å²) in [7, 11) is 0. The van der Waals surface area contributed by atoms with Gasteiger partial charge in [0.15, 0.2) is 5.78 Å². The third-order valence-corrected chi connectivity index (χ3v) is 9.76. The van der Waals surface area contributed by atoms with Crippen molar-refractivity contribution in [3.05, 3.63) is 18.0 Å². The van der Waals surface area contributed by atoms with Gasteiger partial charge in [0.2, 0.25) is 0 Å². The second-order valence-electron chi connectivity index (χ2n) is 11.7. The van der Waals surface area contributed by atoms with Gasteiger partial charge in [-0.25, -0.2) is 0 Å². The minimum atomic E-state index is 0.0624. The van der Waals surface area contributed by atoms with Gasteiger partial charge >= 0.3 is 0 Å². The number of Topliss-reactive ketones (excluding diaryl/α,β-unsaturated/α-hetero) is 1. The standard InChI is InChI=1S/C25H39N3O/c1-16-13-27-28(14-16)15-23(29)22-7-6-21-20-5-4-17-12-24(2,26)10-8-18(17)19(20)9-11-25(21,22)3/h13-14,17-22H,4-12,15,26H2,1-3H3/t17-,18+,19?,20-,21+,22-,24-,25+/m1/s1. The predicted molar refractivity (Wildman–Crippen MR) is 115 cm³/mol. The zero-order valence-corrected chi connectivity index (χ0v) is 18.6. The number of fused-ring (bicyclic) bond motifs is 5. The third kappa shape index (κ3) is 3.30. The van der Waals surface area contributed by atoms with E-state index in [0.717, 1.165) is 41.6 Å². The Bertz CT molecular complexity index is 783. The SMILES string of the molecule is Cc1cnn(CC(=O)[C@H]2CC[C@H]3[C@@H]4CC[C@@H]5C[C@](C)(N)CC[C@@H]5C4CC[C@]23C)c1. The molecule has 4 heteroatoms. The quantitative estimate of drug-likeness (QED) is 0.801. The van der Waals surface area contributed by atoms with Gasteiger partial charge in [-0.1, -0.05) is 6.92 Å². The summed E-state index contributed by atoms with van der Waals surface area (Å²) in [5.41, 5.74) is 7.94. The van der Waals surface area contributed by atoms with Crippen LogP contribution in [0.2, 0.25) is 0 Å². The van der Waals surface area contributed by atoms with E-state index in [9.17, 15) is 4.79 Å². The summed E-state index contributed by atoms with van der Waals surface area (Å²) < 4.78 is 1.84. The lowest BCUT2D eigenvalue weighted by atomic mass is 9.48. The summed E-state index contributed by atoms with van der Waals surface area (Å²) >= 11 is 0. The van der Waals surface area contributed by atoms with Gasteiger partial charge < -0.3 is 5.73 Å². The lowest BCUT2D eigenvalue weighted by molar-refractivity contribution is -0.131. The summed E-state index contributed by atoms with van der Waals surface area (Å²) in [4.78, 5) is 13.3. The minimum Gasteiger partial charge on any atom is -0.325 e. The van der Waals surface area contributed by atoms with Crippen LogP contribution < -0.4 is 5.73 Å². The monoisotopic (exact) mass is 397 g/mol. The molecule has 4 aliphatic carbocycles. The second kappa shape index (κ2) is 6.93. The lowest BCUT2D eigenvalue weighted by Gasteiger charge is -2.57. The molecule has 0 aromatic carbocycles. The number of ketones is 1. The zero-order valence-electron chi connectivity index (χ0n) is 18.6. The summed E-state index contributed by atoms with van der Waals surface area (Å²) in [6.07, 6.45) is 15.3. The van der Waals surface area contributed by atoms with Gasteiger partial charge in [-0.15, -0.1) is 0 Å². The van der Waals surface area contributed by atoms with Crippen molar-refractivity contribution in [2.75, 3.05) is 0 Å². The van der Waals surface area contributed by atoms with Crippen molar-refractivity contribution in [1.82, 2.24) is 9.78 Å². The molecule has 0 spiro atoms. The summed E-state index contributed by atoms with van der Waals surface area (Å²) in [6.45, 7) is 7.22. The van der Waals surface area contributed by atoms with Crippen LogP contribution in [0.1, 0.15) is 77.2 Å². The first-order chi connectivity index (χ1) is 13.8. The molecule has 0 aliphatic heterocycles. The van der Waals surface area contributed by atoms with Crippen molar-refractivity contribution in [2.24, 2.45) is 46.7 Å². The van der Waals surface area contributed by atoms with Crippen molar-refractivity contribution in [1.29, 1.82) is 0 Å². The Kier molecular flexibility index (Phi) is 4.73. The average Bonchev–Trinajstić information content (AvgIpc) is 3.22. The van der Waals surface area contributed by atoms with Crippen molar-refractivity contribution in [3.63, 3.8) is 0 Å². The Morgan fingerprint density at radius 1 is 1.10 bits per heavy atom. The number of rotatable bonds is 3. The van der Waals surface area contributed by atoms with E-state index in [2.05, 4.69) is 18.9 Å². The molecule has 160 valence electrons. The van der Waals surface area contributed by atoms with Gasteiger partial charge in [0.05, 0.1) is 12.7 Å². The molecule has 1 aromatic heterocycles. The Morgan fingerprint density at radius 3 is 2.66 bits per heavy atom. The maximum absolute atomic E-state index is 13.3. The highest BCUT2D eigenvalue weighted by Gasteiger charge is 2.58. The number of carbonyl (C=O) groups is 1. The summed E-state index contributed by atoms with van der Waals surface area (Å²) in [6, 6.07) is 0. The first-order valence-electron chi connectivity index (χ1n) is 12.1. The Balaban J connectivity index is 1.31.